The van der Waals surface area contributed by atoms with Crippen molar-refractivity contribution in [2.75, 3.05) is 19.8 Å². The van der Waals surface area contributed by atoms with Gasteiger partial charge in [0, 0.05) is 5.56 Å². The predicted octanol–water partition coefficient (Wildman–Crippen LogP) is 2.11. The number of nitrogens with two attached hydrogens (primary N) is 1. The number of rotatable bonds is 12. The Morgan fingerprint density at radius 3 is 2.57 bits per heavy atom. The molecule has 2 saturated heterocycles. The van der Waals surface area contributed by atoms with Gasteiger partial charge in [-0.1, -0.05) is 53.7 Å². The number of primary amides is 1. The third-order valence-electron chi connectivity index (χ3n) is 7.90. The molecule has 3 fully saturated rings. The fourth-order valence-electron chi connectivity index (χ4n) is 5.59. The average Bonchev–Trinajstić information content (AvgIpc) is 3.74. The maximum atomic E-state index is 13.8. The molecule has 1 aliphatic carbocycles. The van der Waals surface area contributed by atoms with Crippen molar-refractivity contribution in [2.45, 2.75) is 74.1 Å². The second-order valence-electron chi connectivity index (χ2n) is 10.9. The van der Waals surface area contributed by atoms with E-state index in [2.05, 4.69) is 5.32 Å². The minimum absolute atomic E-state index is 0.0228. The van der Waals surface area contributed by atoms with E-state index >= 15 is 0 Å². The maximum Gasteiger partial charge on any atom is 0.407 e. The number of hydroxylamine groups is 1. The van der Waals surface area contributed by atoms with Crippen molar-refractivity contribution in [1.29, 1.82) is 0 Å². The van der Waals surface area contributed by atoms with Crippen molar-refractivity contribution in [1.82, 2.24) is 9.79 Å². The van der Waals surface area contributed by atoms with Crippen LogP contribution in [-0.4, -0.2) is 80.4 Å². The Labute approximate surface area is 245 Å². The predicted molar refractivity (Wildman–Crippen MR) is 149 cm³/mol. The van der Waals surface area contributed by atoms with E-state index in [0.29, 0.717) is 25.9 Å². The Kier molecular flexibility index (Phi) is 9.76. The molecule has 5 atom stereocenters. The Morgan fingerprint density at radius 2 is 1.83 bits per heavy atom. The molecular weight excluding hydrogens is 566 g/mol. The number of aliphatic hydroxyl groups is 1. The summed E-state index contributed by atoms with van der Waals surface area (Å²) in [4.78, 5) is 30.5. The van der Waals surface area contributed by atoms with Gasteiger partial charge >= 0.3 is 6.09 Å². The number of hydrogen-bond donors (Lipinski definition) is 3. The van der Waals surface area contributed by atoms with Gasteiger partial charge in [-0.15, -0.1) is 0 Å². The van der Waals surface area contributed by atoms with Crippen LogP contribution in [0, 0.1) is 5.92 Å². The molecule has 3 aliphatic rings. The second kappa shape index (κ2) is 13.5. The first-order valence-electron chi connectivity index (χ1n) is 14.2. The zero-order valence-electron chi connectivity index (χ0n) is 23.2. The van der Waals surface area contributed by atoms with E-state index in [1.165, 1.54) is 24.3 Å². The molecule has 2 aromatic carbocycles. The molecule has 0 bridgehead atoms. The summed E-state index contributed by atoms with van der Waals surface area (Å²) < 4.78 is 45.0. The van der Waals surface area contributed by atoms with Crippen LogP contribution in [-0.2, 0) is 35.5 Å². The van der Waals surface area contributed by atoms with Crippen LogP contribution >= 0.6 is 0 Å². The number of sulfonamides is 1. The van der Waals surface area contributed by atoms with E-state index in [9.17, 15) is 23.1 Å². The fraction of sp³-hybridized carbons (Fsp3) is 0.517. The summed E-state index contributed by atoms with van der Waals surface area (Å²) >= 11 is 0. The van der Waals surface area contributed by atoms with Gasteiger partial charge in [0.15, 0.2) is 6.29 Å². The molecule has 0 aromatic heterocycles. The number of nitrogens with one attached hydrogen (secondary N) is 1. The van der Waals surface area contributed by atoms with Gasteiger partial charge in [-0.3, -0.25) is 9.63 Å². The summed E-state index contributed by atoms with van der Waals surface area (Å²) in [5, 5.41) is 14.2. The van der Waals surface area contributed by atoms with Gasteiger partial charge in [-0.05, 0) is 49.4 Å². The van der Waals surface area contributed by atoms with Crippen LogP contribution in [0.25, 0.3) is 0 Å². The molecule has 5 rings (SSSR count). The fourth-order valence-corrected chi connectivity index (χ4v) is 6.93. The maximum absolute atomic E-state index is 13.8. The van der Waals surface area contributed by atoms with E-state index in [0.717, 1.165) is 22.9 Å². The first kappa shape index (κ1) is 30.4. The summed E-state index contributed by atoms with van der Waals surface area (Å²) in [5.74, 6) is -0.839. The average molecular weight is 604 g/mol. The molecule has 12 nitrogen and oxygen atoms in total. The molecule has 1 saturated carbocycles. The van der Waals surface area contributed by atoms with E-state index in [4.69, 9.17) is 24.8 Å². The number of nitrogens with zero attached hydrogens (tertiary/aromatic N) is 1. The molecule has 0 radical (unpaired) electrons. The molecule has 4 N–H and O–H groups in total. The lowest BCUT2D eigenvalue weighted by Crippen LogP contribution is -2.51. The van der Waals surface area contributed by atoms with E-state index in [1.54, 1.807) is 0 Å². The van der Waals surface area contributed by atoms with E-state index in [-0.39, 0.29) is 35.5 Å². The van der Waals surface area contributed by atoms with Crippen molar-refractivity contribution in [3.05, 3.63) is 65.7 Å². The molecule has 2 heterocycles. The molecule has 228 valence electrons. The van der Waals surface area contributed by atoms with E-state index < -0.39 is 53.1 Å². The van der Waals surface area contributed by atoms with Crippen LogP contribution in [0.3, 0.4) is 0 Å². The van der Waals surface area contributed by atoms with Crippen molar-refractivity contribution in [2.24, 2.45) is 11.7 Å². The number of amides is 2. The van der Waals surface area contributed by atoms with Gasteiger partial charge in [0.1, 0.15) is 6.10 Å². The summed E-state index contributed by atoms with van der Waals surface area (Å²) in [6.07, 6.45) is 0.615. The Hall–Kier alpha value is -3.07. The van der Waals surface area contributed by atoms with Crippen LogP contribution < -0.4 is 11.1 Å². The molecule has 2 amide bonds. The van der Waals surface area contributed by atoms with Gasteiger partial charge < -0.3 is 30.4 Å². The van der Waals surface area contributed by atoms with Crippen LogP contribution in [0.1, 0.15) is 48.0 Å². The first-order chi connectivity index (χ1) is 20.2. The van der Waals surface area contributed by atoms with Gasteiger partial charge in [-0.25, -0.2) is 13.2 Å². The van der Waals surface area contributed by atoms with Crippen LogP contribution in [0.15, 0.2) is 59.5 Å². The van der Waals surface area contributed by atoms with Gasteiger partial charge in [0.2, 0.25) is 5.91 Å². The largest absolute Gasteiger partial charge is 0.443 e. The van der Waals surface area contributed by atoms with Gasteiger partial charge in [0.25, 0.3) is 10.0 Å². The normalized spacial score (nSPS) is 23.9. The Bertz CT molecular complexity index is 1340. The van der Waals surface area contributed by atoms with Crippen molar-refractivity contribution >= 4 is 22.0 Å². The monoisotopic (exact) mass is 603 g/mol. The summed E-state index contributed by atoms with van der Waals surface area (Å²) in [6.45, 7) is 0.253. The number of alkyl carbamates (subject to hydrolysis) is 1. The standard InChI is InChI=1S/C29H37N3O9S/c30-27(34)20-9-6-12-22(16-20)42(36,37)32(41-21-10-4-5-11-21)17-25(33)24(15-19-7-2-1-3-8-19)31-29(35)40-26-18-39-28-23(26)13-14-38-28/h1-3,6-9,12,16,21,23-26,28,33H,4-5,10-11,13-15,17-18H2,(H2,30,34)(H,31,35)/t23-,24?,25+,26-,28+/m0/s1. The molecule has 1 unspecified atom stereocenters. The number of ether oxygens (including phenoxy) is 3. The van der Waals surface area contributed by atoms with Gasteiger partial charge in [0.05, 0.1) is 48.8 Å². The Morgan fingerprint density at radius 1 is 1.07 bits per heavy atom. The van der Waals surface area contributed by atoms with Crippen LogP contribution in [0.4, 0.5) is 4.79 Å². The SMILES string of the molecule is NC(=O)c1cccc(S(=O)(=O)N(C[C@@H](O)C(Cc2ccccc2)NC(=O)O[C@H]2CO[C@H]3OCC[C@H]32)OC2CCCC2)c1. The summed E-state index contributed by atoms with van der Waals surface area (Å²) in [7, 11) is -4.33. The number of hydrogen-bond acceptors (Lipinski definition) is 9. The highest BCUT2D eigenvalue weighted by Gasteiger charge is 2.44. The third kappa shape index (κ3) is 7.28. The first-order valence-corrected chi connectivity index (χ1v) is 15.7. The van der Waals surface area contributed by atoms with Crippen LogP contribution in [0.5, 0.6) is 0 Å². The minimum atomic E-state index is -4.33. The summed E-state index contributed by atoms with van der Waals surface area (Å²) in [6, 6.07) is 13.6. The number of fused-ring (bicyclic) bond motifs is 1. The number of benzene rings is 2. The van der Waals surface area contributed by atoms with Crippen molar-refractivity contribution < 1.29 is 42.2 Å². The van der Waals surface area contributed by atoms with Crippen molar-refractivity contribution in [3.63, 3.8) is 0 Å². The quantitative estimate of drug-likeness (QED) is 0.308. The second-order valence-corrected chi connectivity index (χ2v) is 12.7. The highest BCUT2D eigenvalue weighted by Crippen LogP contribution is 2.33. The lowest BCUT2D eigenvalue weighted by atomic mass is 10.0. The highest BCUT2D eigenvalue weighted by atomic mass is 32.2. The van der Waals surface area contributed by atoms with Crippen molar-refractivity contribution in [3.8, 4) is 0 Å². The summed E-state index contributed by atoms with van der Waals surface area (Å²) in [5.41, 5.74) is 6.21. The molecule has 2 aromatic rings. The smallest absolute Gasteiger partial charge is 0.407 e. The lowest BCUT2D eigenvalue weighted by Gasteiger charge is -2.31. The Balaban J connectivity index is 1.36. The van der Waals surface area contributed by atoms with Gasteiger partial charge in [-0.2, -0.15) is 0 Å². The molecule has 13 heteroatoms. The molecule has 42 heavy (non-hydrogen) atoms. The minimum Gasteiger partial charge on any atom is -0.443 e. The number of carbonyl (C=O) groups excluding carboxylic acids is 2. The highest BCUT2D eigenvalue weighted by molar-refractivity contribution is 7.89. The molecule has 2 aliphatic heterocycles. The third-order valence-corrected chi connectivity index (χ3v) is 9.52. The molecule has 0 spiro atoms. The lowest BCUT2D eigenvalue weighted by molar-refractivity contribution is -0.145. The zero-order valence-corrected chi connectivity index (χ0v) is 24.0. The number of aliphatic hydroxyl groups excluding tert-OH is 1. The van der Waals surface area contributed by atoms with E-state index in [1.807, 2.05) is 30.3 Å². The molecular formula is C29H37N3O9S. The van der Waals surface area contributed by atoms with Crippen LogP contribution in [0.2, 0.25) is 0 Å². The number of carbonyl (C=O) groups is 2. The topological polar surface area (TPSA) is 167 Å². The zero-order chi connectivity index (χ0) is 29.7.